The zero-order valence-electron chi connectivity index (χ0n) is 12.4. The first kappa shape index (κ1) is 14.8. The Labute approximate surface area is 118 Å². The number of rotatable bonds is 3. The van der Waals surface area contributed by atoms with E-state index in [1.165, 1.54) is 13.2 Å². The van der Waals surface area contributed by atoms with Gasteiger partial charge in [0.15, 0.2) is 0 Å². The van der Waals surface area contributed by atoms with Crippen LogP contribution in [0.25, 0.3) is 0 Å². The Morgan fingerprint density at radius 1 is 1.25 bits per heavy atom. The molecule has 108 valence electrons. The van der Waals surface area contributed by atoms with Gasteiger partial charge in [0.2, 0.25) is 0 Å². The number of nitrogens with two attached hydrogens (primary N) is 1. The average molecular weight is 278 g/mol. The number of hydrogen-bond acceptors (Lipinski definition) is 5. The Bertz CT molecular complexity index is 529. The smallest absolute Gasteiger partial charge is 0.497 e. The molecule has 2 rings (SSSR count). The fourth-order valence-electron chi connectivity index (χ4n) is 1.85. The fraction of sp³-hybridized carbons (Fsp3) is 0.538. The van der Waals surface area contributed by atoms with Gasteiger partial charge >= 0.3 is 7.12 Å². The third kappa shape index (κ3) is 2.51. The molecule has 1 aliphatic rings. The molecule has 1 saturated heterocycles. The van der Waals surface area contributed by atoms with Gasteiger partial charge in [0, 0.05) is 6.07 Å². The van der Waals surface area contributed by atoms with Crippen molar-refractivity contribution in [3.05, 3.63) is 17.8 Å². The van der Waals surface area contributed by atoms with Crippen LogP contribution in [0.15, 0.2) is 12.1 Å². The van der Waals surface area contributed by atoms with Crippen molar-refractivity contribution in [1.82, 2.24) is 4.98 Å². The molecule has 0 atom stereocenters. The predicted octanol–water partition coefficient (Wildman–Crippen LogP) is 0.488. The van der Waals surface area contributed by atoms with Crippen LogP contribution in [-0.2, 0) is 9.31 Å². The van der Waals surface area contributed by atoms with Crippen molar-refractivity contribution in [3.63, 3.8) is 0 Å². The molecule has 0 spiro atoms. The first-order valence-electron chi connectivity index (χ1n) is 6.38. The fourth-order valence-corrected chi connectivity index (χ4v) is 1.85. The summed E-state index contributed by atoms with van der Waals surface area (Å²) in [6, 6.07) is 3.16. The SMILES string of the molecule is COc1cc(B2OC(C)(C)C(C)(C)O2)nc(C(N)=O)c1. The van der Waals surface area contributed by atoms with Crippen molar-refractivity contribution >= 4 is 18.6 Å². The molecule has 1 fully saturated rings. The number of aromatic nitrogens is 1. The number of nitrogens with zero attached hydrogens (tertiary/aromatic N) is 1. The molecule has 20 heavy (non-hydrogen) atoms. The van der Waals surface area contributed by atoms with E-state index in [9.17, 15) is 4.79 Å². The van der Waals surface area contributed by atoms with Gasteiger partial charge in [-0.2, -0.15) is 0 Å². The summed E-state index contributed by atoms with van der Waals surface area (Å²) in [6.45, 7) is 7.79. The van der Waals surface area contributed by atoms with Crippen LogP contribution in [-0.4, -0.2) is 36.3 Å². The summed E-state index contributed by atoms with van der Waals surface area (Å²) in [5.41, 5.74) is 4.91. The van der Waals surface area contributed by atoms with Crippen LogP contribution >= 0.6 is 0 Å². The second-order valence-electron chi connectivity index (χ2n) is 5.77. The highest BCUT2D eigenvalue weighted by Crippen LogP contribution is 2.36. The largest absolute Gasteiger partial charge is 0.514 e. The second kappa shape index (κ2) is 4.75. The van der Waals surface area contributed by atoms with E-state index in [1.54, 1.807) is 6.07 Å². The molecule has 1 aromatic heterocycles. The number of ether oxygens (including phenoxy) is 1. The zero-order valence-corrected chi connectivity index (χ0v) is 12.4. The molecule has 1 amide bonds. The van der Waals surface area contributed by atoms with E-state index in [4.69, 9.17) is 19.8 Å². The summed E-state index contributed by atoms with van der Waals surface area (Å²) in [7, 11) is 0.849. The van der Waals surface area contributed by atoms with E-state index in [1.807, 2.05) is 27.7 Å². The molecule has 6 nitrogen and oxygen atoms in total. The van der Waals surface area contributed by atoms with Crippen LogP contribution in [0.3, 0.4) is 0 Å². The molecule has 2 heterocycles. The molecule has 0 bridgehead atoms. The molecule has 0 aliphatic carbocycles. The van der Waals surface area contributed by atoms with Crippen LogP contribution < -0.4 is 16.1 Å². The summed E-state index contributed by atoms with van der Waals surface area (Å²) in [4.78, 5) is 15.5. The minimum atomic E-state index is -0.659. The third-order valence-corrected chi connectivity index (χ3v) is 3.80. The summed E-state index contributed by atoms with van der Waals surface area (Å²) >= 11 is 0. The van der Waals surface area contributed by atoms with E-state index in [0.717, 1.165) is 0 Å². The maximum absolute atomic E-state index is 11.3. The Hall–Kier alpha value is -1.60. The van der Waals surface area contributed by atoms with Crippen molar-refractivity contribution in [2.24, 2.45) is 5.73 Å². The highest BCUT2D eigenvalue weighted by molar-refractivity contribution is 6.61. The first-order valence-corrected chi connectivity index (χ1v) is 6.38. The topological polar surface area (TPSA) is 83.7 Å². The zero-order chi connectivity index (χ0) is 15.1. The number of primary amides is 1. The number of hydrogen-bond donors (Lipinski definition) is 1. The number of methoxy groups -OCH3 is 1. The standard InChI is InChI=1S/C13H19BN2O4/c1-12(2)13(3,4)20-14(19-12)10-7-8(18-5)6-9(16-10)11(15)17/h6-7H,1-5H3,(H2,15,17). The lowest BCUT2D eigenvalue weighted by atomic mass is 9.84. The van der Waals surface area contributed by atoms with Crippen LogP contribution in [0.1, 0.15) is 38.2 Å². The highest BCUT2D eigenvalue weighted by atomic mass is 16.7. The Morgan fingerprint density at radius 3 is 2.25 bits per heavy atom. The molecule has 0 unspecified atom stereocenters. The van der Waals surface area contributed by atoms with Crippen LogP contribution in [0.5, 0.6) is 5.75 Å². The van der Waals surface area contributed by atoms with E-state index in [0.29, 0.717) is 11.3 Å². The van der Waals surface area contributed by atoms with Gasteiger partial charge in [0.25, 0.3) is 5.91 Å². The normalized spacial score (nSPS) is 19.9. The van der Waals surface area contributed by atoms with Gasteiger partial charge in [-0.15, -0.1) is 0 Å². The number of amides is 1. The van der Waals surface area contributed by atoms with Gasteiger partial charge in [0.1, 0.15) is 11.4 Å². The third-order valence-electron chi connectivity index (χ3n) is 3.80. The Balaban J connectivity index is 2.39. The van der Waals surface area contributed by atoms with Crippen LogP contribution in [0, 0.1) is 0 Å². The van der Waals surface area contributed by atoms with E-state index >= 15 is 0 Å². The highest BCUT2D eigenvalue weighted by Gasteiger charge is 2.52. The van der Waals surface area contributed by atoms with Crippen molar-refractivity contribution in [2.75, 3.05) is 7.11 Å². The molecule has 2 N–H and O–H groups in total. The van der Waals surface area contributed by atoms with Crippen molar-refractivity contribution in [3.8, 4) is 5.75 Å². The van der Waals surface area contributed by atoms with E-state index in [2.05, 4.69) is 4.98 Å². The lowest BCUT2D eigenvalue weighted by Crippen LogP contribution is -2.41. The quantitative estimate of drug-likeness (QED) is 0.813. The van der Waals surface area contributed by atoms with Gasteiger partial charge in [-0.05, 0) is 33.8 Å². The Kier molecular flexibility index (Phi) is 3.52. The maximum Gasteiger partial charge on any atom is 0.514 e. The summed E-state index contributed by atoms with van der Waals surface area (Å²) in [5, 5.41) is 0. The van der Waals surface area contributed by atoms with Crippen LogP contribution in [0.2, 0.25) is 0 Å². The lowest BCUT2D eigenvalue weighted by molar-refractivity contribution is 0.00578. The summed E-state index contributed by atoms with van der Waals surface area (Å²) in [6.07, 6.45) is 0. The van der Waals surface area contributed by atoms with Gasteiger partial charge in [-0.1, -0.05) is 0 Å². The van der Waals surface area contributed by atoms with Crippen molar-refractivity contribution in [1.29, 1.82) is 0 Å². The van der Waals surface area contributed by atoms with Gasteiger partial charge in [-0.3, -0.25) is 9.78 Å². The minimum Gasteiger partial charge on any atom is -0.497 e. The van der Waals surface area contributed by atoms with Crippen molar-refractivity contribution in [2.45, 2.75) is 38.9 Å². The molecule has 0 saturated carbocycles. The second-order valence-corrected chi connectivity index (χ2v) is 5.77. The maximum atomic E-state index is 11.3. The van der Waals surface area contributed by atoms with Gasteiger partial charge in [-0.25, -0.2) is 0 Å². The number of pyridine rings is 1. The number of carbonyl (C=O) groups is 1. The molecule has 7 heteroatoms. The molecule has 0 aromatic carbocycles. The van der Waals surface area contributed by atoms with E-state index < -0.39 is 24.2 Å². The van der Waals surface area contributed by atoms with Gasteiger partial charge in [0.05, 0.1) is 23.9 Å². The first-order chi connectivity index (χ1) is 9.16. The van der Waals surface area contributed by atoms with Gasteiger partial charge < -0.3 is 19.8 Å². The molecular formula is C13H19BN2O4. The van der Waals surface area contributed by atoms with E-state index in [-0.39, 0.29) is 5.69 Å². The average Bonchev–Trinajstić information content (AvgIpc) is 2.58. The monoisotopic (exact) mass is 278 g/mol. The Morgan fingerprint density at radius 2 is 1.80 bits per heavy atom. The molecule has 0 radical (unpaired) electrons. The van der Waals surface area contributed by atoms with Crippen molar-refractivity contribution < 1.29 is 18.8 Å². The molecule has 1 aromatic rings. The predicted molar refractivity (Wildman–Crippen MR) is 75.0 cm³/mol. The minimum absolute atomic E-state index is 0.120. The molecular weight excluding hydrogens is 259 g/mol. The lowest BCUT2D eigenvalue weighted by Gasteiger charge is -2.32. The number of carbonyl (C=O) groups excluding carboxylic acids is 1. The summed E-state index contributed by atoms with van der Waals surface area (Å²) < 4.78 is 16.9. The van der Waals surface area contributed by atoms with Crippen LogP contribution in [0.4, 0.5) is 0 Å². The molecule has 1 aliphatic heterocycles. The summed E-state index contributed by atoms with van der Waals surface area (Å²) in [5.74, 6) is -0.139.